The van der Waals surface area contributed by atoms with Gasteiger partial charge in [0.1, 0.15) is 5.82 Å². The molecule has 0 aliphatic rings. The number of amides is 1. The first kappa shape index (κ1) is 20.5. The van der Waals surface area contributed by atoms with E-state index in [2.05, 4.69) is 5.32 Å². The summed E-state index contributed by atoms with van der Waals surface area (Å²) >= 11 is 0. The average Bonchev–Trinajstić information content (AvgIpc) is 2.46. The van der Waals surface area contributed by atoms with Crippen molar-refractivity contribution in [2.24, 2.45) is 0 Å². The van der Waals surface area contributed by atoms with Crippen LogP contribution in [0.2, 0.25) is 0 Å². The van der Waals surface area contributed by atoms with Crippen LogP contribution in [0.1, 0.15) is 34.6 Å². The maximum absolute atomic E-state index is 12.9. The minimum atomic E-state index is -0.676. The van der Waals surface area contributed by atoms with Crippen LogP contribution in [0.25, 0.3) is 0 Å². The number of benzene rings is 1. The minimum absolute atomic E-state index is 0.0458. The predicted octanol–water partition coefficient (Wildman–Crippen LogP) is 2.65. The Bertz CT molecular complexity index is 512. The van der Waals surface area contributed by atoms with Crippen molar-refractivity contribution in [1.29, 1.82) is 0 Å². The molecule has 0 aliphatic carbocycles. The maximum Gasteiger partial charge on any atom is 0.238 e. The molecular formula is C18H29FN2O3. The van der Waals surface area contributed by atoms with Gasteiger partial charge in [0.25, 0.3) is 0 Å². The number of hydrogen-bond acceptors (Lipinski definition) is 4. The number of rotatable bonds is 8. The van der Waals surface area contributed by atoms with Crippen molar-refractivity contribution in [2.75, 3.05) is 25.0 Å². The van der Waals surface area contributed by atoms with E-state index in [4.69, 9.17) is 4.74 Å². The molecule has 1 rings (SSSR count). The summed E-state index contributed by atoms with van der Waals surface area (Å²) in [5.41, 5.74) is 0.248. The van der Waals surface area contributed by atoms with Gasteiger partial charge in [-0.25, -0.2) is 4.39 Å². The van der Waals surface area contributed by atoms with Gasteiger partial charge in [-0.1, -0.05) is 0 Å². The average molecular weight is 340 g/mol. The lowest BCUT2D eigenvalue weighted by molar-refractivity contribution is -0.119. The standard InChI is InChI=1S/C18H29FN2O3/c1-13(2)24-12-16(22)10-21(18(3,4)5)11-17(23)20-15-8-6-14(19)7-9-15/h6-9,13,16,22H,10-12H2,1-5H3,(H,20,23). The third-order valence-corrected chi connectivity index (χ3v) is 3.46. The zero-order valence-electron chi connectivity index (χ0n) is 15.2. The van der Waals surface area contributed by atoms with Crippen LogP contribution in [-0.4, -0.2) is 53.4 Å². The molecule has 0 fully saturated rings. The van der Waals surface area contributed by atoms with Gasteiger partial charge in [-0.2, -0.15) is 0 Å². The summed E-state index contributed by atoms with van der Waals surface area (Å²) in [5, 5.41) is 12.9. The van der Waals surface area contributed by atoms with E-state index in [-0.39, 0.29) is 36.5 Å². The number of β-amino-alcohol motifs (C(OH)–C–C–N with tert-alkyl or cyclic N) is 1. The van der Waals surface area contributed by atoms with Crippen LogP contribution in [0.15, 0.2) is 24.3 Å². The monoisotopic (exact) mass is 340 g/mol. The lowest BCUT2D eigenvalue weighted by atomic mass is 10.1. The number of nitrogens with one attached hydrogen (secondary N) is 1. The van der Waals surface area contributed by atoms with Crippen molar-refractivity contribution in [3.05, 3.63) is 30.1 Å². The third kappa shape index (κ3) is 7.86. The molecule has 2 N–H and O–H groups in total. The number of carbonyl (C=O) groups is 1. The number of carbonyl (C=O) groups excluding carboxylic acids is 1. The number of anilines is 1. The molecule has 24 heavy (non-hydrogen) atoms. The molecule has 1 amide bonds. The first-order valence-corrected chi connectivity index (χ1v) is 8.18. The molecule has 0 radical (unpaired) electrons. The number of nitrogens with zero attached hydrogens (tertiary/aromatic N) is 1. The second-order valence-electron chi connectivity index (χ2n) is 7.14. The smallest absolute Gasteiger partial charge is 0.238 e. The molecule has 0 aromatic heterocycles. The van der Waals surface area contributed by atoms with Gasteiger partial charge in [0.15, 0.2) is 0 Å². The van der Waals surface area contributed by atoms with E-state index >= 15 is 0 Å². The van der Waals surface area contributed by atoms with Crippen LogP contribution >= 0.6 is 0 Å². The largest absolute Gasteiger partial charge is 0.389 e. The lowest BCUT2D eigenvalue weighted by Crippen LogP contribution is -2.49. The molecule has 1 aromatic carbocycles. The van der Waals surface area contributed by atoms with E-state index < -0.39 is 6.10 Å². The molecular weight excluding hydrogens is 311 g/mol. The second kappa shape index (κ2) is 9.11. The molecule has 0 saturated carbocycles. The van der Waals surface area contributed by atoms with Crippen LogP contribution in [0, 0.1) is 5.82 Å². The molecule has 0 bridgehead atoms. The Hall–Kier alpha value is -1.50. The number of hydrogen-bond donors (Lipinski definition) is 2. The van der Waals surface area contributed by atoms with Gasteiger partial charge in [0.05, 0.1) is 25.4 Å². The van der Waals surface area contributed by atoms with Crippen molar-refractivity contribution in [3.8, 4) is 0 Å². The Kier molecular flexibility index (Phi) is 7.79. The first-order valence-electron chi connectivity index (χ1n) is 8.18. The fourth-order valence-corrected chi connectivity index (χ4v) is 2.09. The highest BCUT2D eigenvalue weighted by Gasteiger charge is 2.26. The van der Waals surface area contributed by atoms with Crippen molar-refractivity contribution in [2.45, 2.75) is 52.4 Å². The van der Waals surface area contributed by atoms with Crippen LogP contribution in [0.4, 0.5) is 10.1 Å². The molecule has 0 heterocycles. The Labute approximate surface area is 143 Å². The highest BCUT2D eigenvalue weighted by Crippen LogP contribution is 2.15. The van der Waals surface area contributed by atoms with Gasteiger partial charge < -0.3 is 15.2 Å². The van der Waals surface area contributed by atoms with E-state index in [0.29, 0.717) is 12.2 Å². The van der Waals surface area contributed by atoms with Gasteiger partial charge in [0, 0.05) is 17.8 Å². The Morgan fingerprint density at radius 3 is 2.38 bits per heavy atom. The van der Waals surface area contributed by atoms with E-state index in [1.54, 1.807) is 0 Å². The van der Waals surface area contributed by atoms with Gasteiger partial charge in [0.2, 0.25) is 5.91 Å². The number of aliphatic hydroxyl groups is 1. The summed E-state index contributed by atoms with van der Waals surface area (Å²) in [6, 6.07) is 5.62. The quantitative estimate of drug-likeness (QED) is 0.764. The first-order chi connectivity index (χ1) is 11.1. The molecule has 0 saturated heterocycles. The second-order valence-corrected chi connectivity index (χ2v) is 7.14. The van der Waals surface area contributed by atoms with Gasteiger partial charge in [-0.05, 0) is 58.9 Å². The third-order valence-electron chi connectivity index (χ3n) is 3.46. The molecule has 1 unspecified atom stereocenters. The highest BCUT2D eigenvalue weighted by molar-refractivity contribution is 5.92. The molecule has 0 aliphatic heterocycles. The summed E-state index contributed by atoms with van der Waals surface area (Å²) in [4.78, 5) is 14.1. The summed E-state index contributed by atoms with van der Waals surface area (Å²) < 4.78 is 18.3. The molecule has 6 heteroatoms. The van der Waals surface area contributed by atoms with Gasteiger partial charge in [-0.3, -0.25) is 9.69 Å². The van der Waals surface area contributed by atoms with E-state index in [1.807, 2.05) is 39.5 Å². The van der Waals surface area contributed by atoms with Crippen molar-refractivity contribution < 1.29 is 19.0 Å². The van der Waals surface area contributed by atoms with Crippen LogP contribution in [0.5, 0.6) is 0 Å². The lowest BCUT2D eigenvalue weighted by Gasteiger charge is -2.36. The van der Waals surface area contributed by atoms with Crippen molar-refractivity contribution in [1.82, 2.24) is 4.90 Å². The Balaban J connectivity index is 2.61. The zero-order valence-corrected chi connectivity index (χ0v) is 15.2. The fraction of sp³-hybridized carbons (Fsp3) is 0.611. The fourth-order valence-electron chi connectivity index (χ4n) is 2.09. The number of ether oxygens (including phenoxy) is 1. The topological polar surface area (TPSA) is 61.8 Å². The number of halogens is 1. The highest BCUT2D eigenvalue weighted by atomic mass is 19.1. The van der Waals surface area contributed by atoms with Crippen molar-refractivity contribution in [3.63, 3.8) is 0 Å². The normalized spacial score (nSPS) is 13.4. The van der Waals surface area contributed by atoms with Gasteiger partial charge >= 0.3 is 0 Å². The molecule has 1 atom stereocenters. The predicted molar refractivity (Wildman–Crippen MR) is 93.5 cm³/mol. The van der Waals surface area contributed by atoms with Gasteiger partial charge in [-0.15, -0.1) is 0 Å². The molecule has 136 valence electrons. The molecule has 0 spiro atoms. The molecule has 5 nitrogen and oxygen atoms in total. The van der Waals surface area contributed by atoms with E-state index in [1.165, 1.54) is 24.3 Å². The minimum Gasteiger partial charge on any atom is -0.389 e. The van der Waals surface area contributed by atoms with Crippen LogP contribution < -0.4 is 5.32 Å². The summed E-state index contributed by atoms with van der Waals surface area (Å²) in [7, 11) is 0. The molecule has 1 aromatic rings. The summed E-state index contributed by atoms with van der Waals surface area (Å²) in [6.07, 6.45) is -0.630. The number of aliphatic hydroxyl groups excluding tert-OH is 1. The Morgan fingerprint density at radius 2 is 1.88 bits per heavy atom. The zero-order chi connectivity index (χ0) is 18.3. The van der Waals surface area contributed by atoms with Crippen LogP contribution in [-0.2, 0) is 9.53 Å². The van der Waals surface area contributed by atoms with E-state index in [9.17, 15) is 14.3 Å². The van der Waals surface area contributed by atoms with Crippen molar-refractivity contribution >= 4 is 11.6 Å². The van der Waals surface area contributed by atoms with Crippen LogP contribution in [0.3, 0.4) is 0 Å². The SMILES string of the molecule is CC(C)OCC(O)CN(CC(=O)Nc1ccc(F)cc1)C(C)(C)C. The maximum atomic E-state index is 12.9. The Morgan fingerprint density at radius 1 is 1.29 bits per heavy atom. The summed E-state index contributed by atoms with van der Waals surface area (Å²) in [5.74, 6) is -0.564. The summed E-state index contributed by atoms with van der Waals surface area (Å²) in [6.45, 7) is 10.4. The van der Waals surface area contributed by atoms with E-state index in [0.717, 1.165) is 0 Å².